The van der Waals surface area contributed by atoms with E-state index in [1.165, 1.54) is 17.9 Å². The van der Waals surface area contributed by atoms with Crippen LogP contribution in [0.3, 0.4) is 0 Å². The highest BCUT2D eigenvalue weighted by atomic mass is 35.5. The number of carbonyl (C=O) groups is 2. The van der Waals surface area contributed by atoms with Crippen LogP contribution >= 0.6 is 23.2 Å². The number of hydrogen-bond donors (Lipinski definition) is 1. The third-order valence-corrected chi connectivity index (χ3v) is 8.16. The molecule has 0 spiro atoms. The summed E-state index contributed by atoms with van der Waals surface area (Å²) in [5, 5.41) is 3.59. The summed E-state index contributed by atoms with van der Waals surface area (Å²) in [5.74, 6) is -0.0941. The van der Waals surface area contributed by atoms with Crippen LogP contribution in [-0.4, -0.2) is 56.8 Å². The molecule has 0 saturated heterocycles. The van der Waals surface area contributed by atoms with Gasteiger partial charge in [0.1, 0.15) is 12.6 Å². The van der Waals surface area contributed by atoms with Crippen LogP contribution in [0.4, 0.5) is 5.69 Å². The number of sulfonamides is 1. The first-order valence-electron chi connectivity index (χ1n) is 11.8. The molecule has 1 atom stereocenters. The van der Waals surface area contributed by atoms with Gasteiger partial charge in [0.2, 0.25) is 28.6 Å². The maximum absolute atomic E-state index is 13.7. The number of fused-ring (bicyclic) bond motifs is 1. The average molecular weight is 573 g/mol. The highest BCUT2D eigenvalue weighted by Crippen LogP contribution is 2.36. The van der Waals surface area contributed by atoms with Gasteiger partial charge in [-0.2, -0.15) is 0 Å². The van der Waals surface area contributed by atoms with Gasteiger partial charge in [-0.05, 0) is 49.6 Å². The molecule has 0 radical (unpaired) electrons. The van der Waals surface area contributed by atoms with Gasteiger partial charge in [-0.25, -0.2) is 8.42 Å². The van der Waals surface area contributed by atoms with E-state index >= 15 is 0 Å². The van der Waals surface area contributed by atoms with Crippen molar-refractivity contribution in [2.24, 2.45) is 5.92 Å². The van der Waals surface area contributed by atoms with Gasteiger partial charge in [-0.3, -0.25) is 13.9 Å². The monoisotopic (exact) mass is 571 g/mol. The molecule has 3 rings (SSSR count). The fourth-order valence-corrected chi connectivity index (χ4v) is 5.15. The third-order valence-electron chi connectivity index (χ3n) is 5.83. The van der Waals surface area contributed by atoms with Gasteiger partial charge in [0.15, 0.2) is 11.5 Å². The molecule has 12 heteroatoms. The van der Waals surface area contributed by atoms with E-state index in [1.54, 1.807) is 37.3 Å². The summed E-state index contributed by atoms with van der Waals surface area (Å²) >= 11 is 12.4. The molecule has 0 aromatic heterocycles. The first-order chi connectivity index (χ1) is 17.4. The normalized spacial score (nSPS) is 13.4. The van der Waals surface area contributed by atoms with Gasteiger partial charge in [-0.15, -0.1) is 0 Å². The van der Waals surface area contributed by atoms with Crippen LogP contribution in [0.2, 0.25) is 10.0 Å². The van der Waals surface area contributed by atoms with Gasteiger partial charge in [0.05, 0.1) is 11.4 Å². The van der Waals surface area contributed by atoms with E-state index in [1.807, 2.05) is 13.8 Å². The number of rotatable bonds is 11. The summed E-state index contributed by atoms with van der Waals surface area (Å²) < 4.78 is 37.8. The van der Waals surface area contributed by atoms with E-state index in [0.29, 0.717) is 33.7 Å². The number of anilines is 1. The summed E-state index contributed by atoms with van der Waals surface area (Å²) in [5.41, 5.74) is 0.816. The van der Waals surface area contributed by atoms with E-state index in [4.69, 9.17) is 32.7 Å². The number of benzene rings is 2. The zero-order valence-electron chi connectivity index (χ0n) is 21.2. The number of amides is 2. The minimum absolute atomic E-state index is 0.0216. The number of nitrogens with one attached hydrogen (secondary N) is 1. The Morgan fingerprint density at radius 1 is 1.05 bits per heavy atom. The maximum atomic E-state index is 13.7. The van der Waals surface area contributed by atoms with Crippen molar-refractivity contribution in [2.75, 3.05) is 29.9 Å². The second-order valence-corrected chi connectivity index (χ2v) is 12.0. The Kier molecular flexibility index (Phi) is 9.55. The van der Waals surface area contributed by atoms with Crippen molar-refractivity contribution in [3.63, 3.8) is 0 Å². The molecule has 1 aliphatic heterocycles. The lowest BCUT2D eigenvalue weighted by molar-refractivity contribution is -0.139. The smallest absolute Gasteiger partial charge is 0.244 e. The summed E-state index contributed by atoms with van der Waals surface area (Å²) in [4.78, 5) is 28.0. The molecule has 1 aliphatic rings. The SMILES string of the molecule is CCS(=O)(=O)N(CC(=O)N(Cc1ccc(Cl)cc1Cl)C(C)C(=O)NCC(C)C)c1ccc2c(c1)OCO2. The van der Waals surface area contributed by atoms with Crippen LogP contribution in [0, 0.1) is 5.92 Å². The summed E-state index contributed by atoms with van der Waals surface area (Å²) in [7, 11) is -3.87. The Balaban J connectivity index is 1.95. The molecule has 1 heterocycles. The lowest BCUT2D eigenvalue weighted by Crippen LogP contribution is -2.51. The fraction of sp³-hybridized carbons (Fsp3) is 0.440. The predicted octanol–water partition coefficient (Wildman–Crippen LogP) is 4.07. The van der Waals surface area contributed by atoms with Crippen molar-refractivity contribution in [1.82, 2.24) is 10.2 Å². The van der Waals surface area contributed by atoms with Crippen LogP contribution in [-0.2, 0) is 26.2 Å². The molecular formula is C25H31Cl2N3O6S. The third kappa shape index (κ3) is 7.21. The summed E-state index contributed by atoms with van der Waals surface area (Å²) in [6.07, 6.45) is 0. The standard InChI is InChI=1S/C25H31Cl2N3O6S/c1-5-37(33,34)30(20-8-9-22-23(11-20)36-15-35-22)14-24(31)29(17(4)25(32)28-12-16(2)3)13-18-6-7-19(26)10-21(18)27/h6-11,16-17H,5,12-15H2,1-4H3,(H,28,32). The Morgan fingerprint density at radius 3 is 2.41 bits per heavy atom. The van der Waals surface area contributed by atoms with Crippen molar-refractivity contribution in [3.05, 3.63) is 52.0 Å². The molecule has 202 valence electrons. The van der Waals surface area contributed by atoms with Crippen molar-refractivity contribution in [1.29, 1.82) is 0 Å². The summed E-state index contributed by atoms with van der Waals surface area (Å²) in [6.45, 7) is 6.91. The largest absolute Gasteiger partial charge is 0.454 e. The van der Waals surface area contributed by atoms with Gasteiger partial charge < -0.3 is 19.7 Å². The Morgan fingerprint density at radius 2 is 1.76 bits per heavy atom. The van der Waals surface area contributed by atoms with E-state index in [-0.39, 0.29) is 36.6 Å². The first-order valence-corrected chi connectivity index (χ1v) is 14.2. The van der Waals surface area contributed by atoms with Crippen molar-refractivity contribution in [3.8, 4) is 11.5 Å². The van der Waals surface area contributed by atoms with Crippen molar-refractivity contribution in [2.45, 2.75) is 40.3 Å². The number of ether oxygens (including phenoxy) is 2. The quantitative estimate of drug-likeness (QED) is 0.436. The lowest BCUT2D eigenvalue weighted by Gasteiger charge is -2.32. The van der Waals surface area contributed by atoms with Gasteiger partial charge in [-0.1, -0.05) is 43.1 Å². The molecule has 9 nitrogen and oxygen atoms in total. The zero-order chi connectivity index (χ0) is 27.3. The number of carbonyl (C=O) groups excluding carboxylic acids is 2. The topological polar surface area (TPSA) is 105 Å². The second kappa shape index (κ2) is 12.2. The minimum Gasteiger partial charge on any atom is -0.454 e. The molecule has 0 saturated carbocycles. The first kappa shape index (κ1) is 28.9. The number of hydrogen-bond acceptors (Lipinski definition) is 6. The molecular weight excluding hydrogens is 541 g/mol. The van der Waals surface area contributed by atoms with Crippen LogP contribution in [0.15, 0.2) is 36.4 Å². The van der Waals surface area contributed by atoms with Crippen LogP contribution in [0.1, 0.15) is 33.3 Å². The molecule has 2 amide bonds. The molecule has 1 unspecified atom stereocenters. The van der Waals surface area contributed by atoms with E-state index in [0.717, 1.165) is 4.31 Å². The molecule has 1 N–H and O–H groups in total. The number of nitrogens with zero attached hydrogens (tertiary/aromatic N) is 2. The van der Waals surface area contributed by atoms with Gasteiger partial charge >= 0.3 is 0 Å². The van der Waals surface area contributed by atoms with Gasteiger partial charge in [0, 0.05) is 29.2 Å². The number of halogens is 2. The molecule has 0 aliphatic carbocycles. The second-order valence-electron chi connectivity index (χ2n) is 9.02. The Bertz CT molecular complexity index is 1250. The fourth-order valence-electron chi connectivity index (χ4n) is 3.63. The van der Waals surface area contributed by atoms with Crippen molar-refractivity contribution < 1.29 is 27.5 Å². The summed E-state index contributed by atoms with van der Waals surface area (Å²) in [6, 6.07) is 8.60. The molecule has 0 bridgehead atoms. The minimum atomic E-state index is -3.87. The van der Waals surface area contributed by atoms with E-state index < -0.39 is 28.5 Å². The van der Waals surface area contributed by atoms with Crippen LogP contribution in [0.25, 0.3) is 0 Å². The van der Waals surface area contributed by atoms with E-state index in [2.05, 4.69) is 5.32 Å². The Hall–Kier alpha value is -2.69. The lowest BCUT2D eigenvalue weighted by atomic mass is 10.1. The highest BCUT2D eigenvalue weighted by molar-refractivity contribution is 7.92. The highest BCUT2D eigenvalue weighted by Gasteiger charge is 2.32. The van der Waals surface area contributed by atoms with Crippen LogP contribution in [0.5, 0.6) is 11.5 Å². The average Bonchev–Trinajstić information content (AvgIpc) is 3.32. The van der Waals surface area contributed by atoms with Gasteiger partial charge in [0.25, 0.3) is 0 Å². The maximum Gasteiger partial charge on any atom is 0.244 e. The van der Waals surface area contributed by atoms with Crippen LogP contribution < -0.4 is 19.1 Å². The Labute approximate surface area is 227 Å². The molecule has 2 aromatic rings. The molecule has 37 heavy (non-hydrogen) atoms. The zero-order valence-corrected chi connectivity index (χ0v) is 23.5. The molecule has 0 fully saturated rings. The van der Waals surface area contributed by atoms with E-state index in [9.17, 15) is 18.0 Å². The molecule has 2 aromatic carbocycles. The predicted molar refractivity (Wildman–Crippen MR) is 144 cm³/mol. The van der Waals surface area contributed by atoms with Crippen molar-refractivity contribution >= 4 is 50.7 Å².